The fraction of sp³-hybridized carbons (Fsp3) is 0.636. The first-order valence-electron chi connectivity index (χ1n) is 5.60. The molecule has 1 atom stereocenters. The van der Waals surface area contributed by atoms with Gasteiger partial charge >= 0.3 is 0 Å². The minimum absolute atomic E-state index is 0.605. The van der Waals surface area contributed by atoms with Crippen LogP contribution in [0.25, 0.3) is 0 Å². The lowest BCUT2D eigenvalue weighted by Gasteiger charge is -2.21. The average molecular weight is 239 g/mol. The third kappa shape index (κ3) is 3.27. The Bertz CT molecular complexity index is 329. The molecular formula is C11H17N3OS. The second-order valence-electron chi connectivity index (χ2n) is 3.82. The summed E-state index contributed by atoms with van der Waals surface area (Å²) in [6.45, 7) is 0.977. The largest absolute Gasteiger partial charge is 0.481 e. The lowest BCUT2D eigenvalue weighted by Crippen LogP contribution is -2.20. The van der Waals surface area contributed by atoms with Gasteiger partial charge in [0, 0.05) is 17.9 Å². The van der Waals surface area contributed by atoms with E-state index in [1.807, 2.05) is 6.07 Å². The molecule has 16 heavy (non-hydrogen) atoms. The summed E-state index contributed by atoms with van der Waals surface area (Å²) in [6, 6.07) is 1.83. The lowest BCUT2D eigenvalue weighted by atomic mass is 10.2. The molecule has 1 aliphatic heterocycles. The Labute approximate surface area is 100 Å². The molecule has 2 heterocycles. The maximum atomic E-state index is 5.05. The Balaban J connectivity index is 1.83. The fourth-order valence-corrected chi connectivity index (χ4v) is 2.97. The van der Waals surface area contributed by atoms with Crippen LogP contribution < -0.4 is 10.1 Å². The zero-order valence-electron chi connectivity index (χ0n) is 9.48. The van der Waals surface area contributed by atoms with Crippen LogP contribution in [0.15, 0.2) is 12.4 Å². The highest BCUT2D eigenvalue weighted by Crippen LogP contribution is 2.25. The smallest absolute Gasteiger partial charge is 0.218 e. The molecule has 4 nitrogen and oxygen atoms in total. The summed E-state index contributed by atoms with van der Waals surface area (Å²) in [5.41, 5.74) is 0. The van der Waals surface area contributed by atoms with E-state index in [2.05, 4.69) is 27.0 Å². The molecule has 88 valence electrons. The first-order chi connectivity index (χ1) is 7.88. The molecular weight excluding hydrogens is 222 g/mol. The van der Waals surface area contributed by atoms with Crippen molar-refractivity contribution in [2.45, 2.75) is 24.5 Å². The van der Waals surface area contributed by atoms with E-state index < -0.39 is 0 Å². The van der Waals surface area contributed by atoms with Crippen LogP contribution in [-0.2, 0) is 0 Å². The minimum Gasteiger partial charge on any atom is -0.481 e. The number of methoxy groups -OCH3 is 1. The molecule has 0 bridgehead atoms. The van der Waals surface area contributed by atoms with E-state index in [0.717, 1.165) is 17.6 Å². The van der Waals surface area contributed by atoms with Gasteiger partial charge in [0.15, 0.2) is 0 Å². The van der Waals surface area contributed by atoms with Crippen molar-refractivity contribution in [1.29, 1.82) is 0 Å². The van der Waals surface area contributed by atoms with Crippen molar-refractivity contribution < 1.29 is 4.74 Å². The molecule has 1 aromatic rings. The molecule has 2 rings (SSSR count). The highest BCUT2D eigenvalue weighted by Gasteiger charge is 2.13. The van der Waals surface area contributed by atoms with E-state index in [1.54, 1.807) is 7.11 Å². The highest BCUT2D eigenvalue weighted by atomic mass is 32.2. The standard InChI is InChI=1S/C11H17N3OS/c1-15-11-6-10(13-8-14-11)12-7-9-4-2-3-5-16-9/h6,8-9H,2-5,7H2,1H3,(H,12,13,14). The molecule has 1 aliphatic rings. The number of rotatable bonds is 4. The summed E-state index contributed by atoms with van der Waals surface area (Å²) >= 11 is 2.06. The zero-order chi connectivity index (χ0) is 11.2. The number of anilines is 1. The monoisotopic (exact) mass is 239 g/mol. The first-order valence-corrected chi connectivity index (χ1v) is 6.65. The van der Waals surface area contributed by atoms with Gasteiger partial charge < -0.3 is 10.1 Å². The summed E-state index contributed by atoms with van der Waals surface area (Å²) < 4.78 is 5.05. The van der Waals surface area contributed by atoms with Gasteiger partial charge in [0.2, 0.25) is 5.88 Å². The summed E-state index contributed by atoms with van der Waals surface area (Å²) in [4.78, 5) is 8.13. The first kappa shape index (κ1) is 11.5. The lowest BCUT2D eigenvalue weighted by molar-refractivity contribution is 0.397. The topological polar surface area (TPSA) is 47.0 Å². The maximum Gasteiger partial charge on any atom is 0.218 e. The quantitative estimate of drug-likeness (QED) is 0.872. The van der Waals surface area contributed by atoms with E-state index >= 15 is 0 Å². The average Bonchev–Trinajstić information content (AvgIpc) is 2.38. The maximum absolute atomic E-state index is 5.05. The van der Waals surface area contributed by atoms with Gasteiger partial charge in [-0.2, -0.15) is 11.8 Å². The van der Waals surface area contributed by atoms with Crippen LogP contribution >= 0.6 is 11.8 Å². The van der Waals surface area contributed by atoms with Crippen LogP contribution in [-0.4, -0.2) is 34.6 Å². The SMILES string of the molecule is COc1cc(NCC2CCCCS2)ncn1. The number of thioether (sulfide) groups is 1. The van der Waals surface area contributed by atoms with Gasteiger partial charge in [-0.05, 0) is 18.6 Å². The van der Waals surface area contributed by atoms with Gasteiger partial charge in [0.25, 0.3) is 0 Å². The number of hydrogen-bond donors (Lipinski definition) is 1. The summed E-state index contributed by atoms with van der Waals surface area (Å²) in [6.07, 6.45) is 5.55. The van der Waals surface area contributed by atoms with Crippen molar-refractivity contribution in [3.8, 4) is 5.88 Å². The third-order valence-electron chi connectivity index (χ3n) is 2.64. The van der Waals surface area contributed by atoms with Crippen LogP contribution in [0.3, 0.4) is 0 Å². The summed E-state index contributed by atoms with van der Waals surface area (Å²) in [7, 11) is 1.61. The summed E-state index contributed by atoms with van der Waals surface area (Å²) in [5.74, 6) is 2.74. The van der Waals surface area contributed by atoms with Gasteiger partial charge in [-0.15, -0.1) is 0 Å². The second-order valence-corrected chi connectivity index (χ2v) is 5.22. The van der Waals surface area contributed by atoms with Crippen molar-refractivity contribution in [3.63, 3.8) is 0 Å². The van der Waals surface area contributed by atoms with Gasteiger partial charge in [-0.25, -0.2) is 9.97 Å². The van der Waals surface area contributed by atoms with E-state index in [0.29, 0.717) is 5.88 Å². The number of hydrogen-bond acceptors (Lipinski definition) is 5. The molecule has 0 radical (unpaired) electrons. The Morgan fingerprint density at radius 3 is 3.19 bits per heavy atom. The van der Waals surface area contributed by atoms with Crippen molar-refractivity contribution >= 4 is 17.6 Å². The van der Waals surface area contributed by atoms with E-state index in [1.165, 1.54) is 31.3 Å². The highest BCUT2D eigenvalue weighted by molar-refractivity contribution is 7.99. The third-order valence-corrected chi connectivity index (χ3v) is 4.03. The van der Waals surface area contributed by atoms with E-state index in [4.69, 9.17) is 4.74 Å². The molecule has 0 aromatic carbocycles. The molecule has 1 unspecified atom stereocenters. The van der Waals surface area contributed by atoms with Crippen LogP contribution in [0.1, 0.15) is 19.3 Å². The van der Waals surface area contributed by atoms with Crippen LogP contribution in [0, 0.1) is 0 Å². The van der Waals surface area contributed by atoms with Crippen molar-refractivity contribution in [3.05, 3.63) is 12.4 Å². The number of ether oxygens (including phenoxy) is 1. The Morgan fingerprint density at radius 1 is 1.50 bits per heavy atom. The molecule has 0 aliphatic carbocycles. The molecule has 1 N–H and O–H groups in total. The zero-order valence-corrected chi connectivity index (χ0v) is 10.3. The molecule has 0 amide bonds. The van der Waals surface area contributed by atoms with Crippen LogP contribution in [0.4, 0.5) is 5.82 Å². The van der Waals surface area contributed by atoms with Gasteiger partial charge in [0.1, 0.15) is 12.1 Å². The Kier molecular flexibility index (Phi) is 4.27. The molecule has 5 heteroatoms. The molecule has 1 fully saturated rings. The number of aromatic nitrogens is 2. The Morgan fingerprint density at radius 2 is 2.44 bits per heavy atom. The fourth-order valence-electron chi connectivity index (χ4n) is 1.73. The van der Waals surface area contributed by atoms with E-state index in [9.17, 15) is 0 Å². The van der Waals surface area contributed by atoms with Crippen molar-refractivity contribution in [1.82, 2.24) is 9.97 Å². The van der Waals surface area contributed by atoms with Crippen LogP contribution in [0.2, 0.25) is 0 Å². The predicted molar refractivity (Wildman–Crippen MR) is 67.2 cm³/mol. The van der Waals surface area contributed by atoms with E-state index in [-0.39, 0.29) is 0 Å². The minimum atomic E-state index is 0.605. The molecule has 1 aromatic heterocycles. The van der Waals surface area contributed by atoms with Gasteiger partial charge in [-0.1, -0.05) is 6.42 Å². The van der Waals surface area contributed by atoms with Crippen LogP contribution in [0.5, 0.6) is 5.88 Å². The van der Waals surface area contributed by atoms with Gasteiger partial charge in [0.05, 0.1) is 7.11 Å². The molecule has 0 saturated carbocycles. The van der Waals surface area contributed by atoms with Crippen molar-refractivity contribution in [2.24, 2.45) is 0 Å². The summed E-state index contributed by atoms with van der Waals surface area (Å²) in [5, 5.41) is 4.05. The van der Waals surface area contributed by atoms with Crippen molar-refractivity contribution in [2.75, 3.05) is 24.7 Å². The van der Waals surface area contributed by atoms with Gasteiger partial charge in [-0.3, -0.25) is 0 Å². The Hall–Kier alpha value is -0.970. The normalized spacial score (nSPS) is 20.4. The number of nitrogens with zero attached hydrogens (tertiary/aromatic N) is 2. The second kappa shape index (κ2) is 5.94. The molecule has 1 saturated heterocycles. The molecule has 0 spiro atoms. The number of nitrogens with one attached hydrogen (secondary N) is 1. The predicted octanol–water partition coefficient (Wildman–Crippen LogP) is 2.18.